The van der Waals surface area contributed by atoms with Crippen molar-refractivity contribution in [2.24, 2.45) is 0 Å². The molecule has 0 spiro atoms. The molecule has 0 aliphatic heterocycles. The summed E-state index contributed by atoms with van der Waals surface area (Å²) in [4.78, 5) is 21.8. The summed E-state index contributed by atoms with van der Waals surface area (Å²) in [6, 6.07) is 0. The van der Waals surface area contributed by atoms with Crippen LogP contribution in [0.2, 0.25) is 0 Å². The summed E-state index contributed by atoms with van der Waals surface area (Å²) >= 11 is 0. The highest BCUT2D eigenvalue weighted by Gasteiger charge is 2.14. The predicted molar refractivity (Wildman–Crippen MR) is 75.1 cm³/mol. The Morgan fingerprint density at radius 2 is 1.58 bits per heavy atom. The molecule has 4 nitrogen and oxygen atoms in total. The Labute approximate surface area is 114 Å². The first-order valence-electron chi connectivity index (χ1n) is 6.74. The number of rotatable bonds is 9. The fraction of sp³-hybridized carbons (Fsp3) is 0.600. The second kappa shape index (κ2) is 9.36. The summed E-state index contributed by atoms with van der Waals surface area (Å²) in [5.74, 6) is -2.17. The van der Waals surface area contributed by atoms with Crippen molar-refractivity contribution in [2.75, 3.05) is 0 Å². The average molecular weight is 268 g/mol. The molecule has 0 heterocycles. The molecule has 4 heteroatoms. The van der Waals surface area contributed by atoms with Crippen LogP contribution < -0.4 is 0 Å². The van der Waals surface area contributed by atoms with Crippen LogP contribution >= 0.6 is 0 Å². The number of carbonyl (C=O) groups is 2. The van der Waals surface area contributed by atoms with Gasteiger partial charge in [-0.1, -0.05) is 38.2 Å². The van der Waals surface area contributed by atoms with Gasteiger partial charge in [0.25, 0.3) is 0 Å². The van der Waals surface area contributed by atoms with E-state index in [1.165, 1.54) is 19.8 Å². The van der Waals surface area contributed by atoms with Gasteiger partial charge in [-0.2, -0.15) is 0 Å². The van der Waals surface area contributed by atoms with Gasteiger partial charge in [-0.3, -0.25) is 0 Å². The highest BCUT2D eigenvalue weighted by molar-refractivity contribution is 5.95. The van der Waals surface area contributed by atoms with E-state index in [-0.39, 0.29) is 5.57 Å². The van der Waals surface area contributed by atoms with Gasteiger partial charge in [-0.15, -0.1) is 0 Å². The summed E-state index contributed by atoms with van der Waals surface area (Å²) in [5, 5.41) is 17.9. The Morgan fingerprint density at radius 1 is 1.00 bits per heavy atom. The lowest BCUT2D eigenvalue weighted by Crippen LogP contribution is -2.06. The highest BCUT2D eigenvalue weighted by Crippen LogP contribution is 2.20. The molecule has 0 bridgehead atoms. The first kappa shape index (κ1) is 17.4. The molecule has 108 valence electrons. The van der Waals surface area contributed by atoms with Crippen molar-refractivity contribution in [3.63, 3.8) is 0 Å². The minimum atomic E-state index is -1.12. The van der Waals surface area contributed by atoms with Crippen molar-refractivity contribution in [3.8, 4) is 0 Å². The summed E-state index contributed by atoms with van der Waals surface area (Å²) < 4.78 is 0. The first-order valence-corrected chi connectivity index (χ1v) is 6.74. The maximum Gasteiger partial charge on any atom is 0.335 e. The average Bonchev–Trinajstić information content (AvgIpc) is 2.27. The van der Waals surface area contributed by atoms with Crippen molar-refractivity contribution in [2.45, 2.75) is 59.3 Å². The zero-order valence-corrected chi connectivity index (χ0v) is 12.0. The summed E-state index contributed by atoms with van der Waals surface area (Å²) in [6.07, 6.45) is 7.22. The minimum Gasteiger partial charge on any atom is -0.478 e. The lowest BCUT2D eigenvalue weighted by Gasteiger charge is -2.08. The third-order valence-corrected chi connectivity index (χ3v) is 3.03. The Morgan fingerprint density at radius 3 is 2.05 bits per heavy atom. The van der Waals surface area contributed by atoms with Crippen molar-refractivity contribution >= 4 is 11.9 Å². The van der Waals surface area contributed by atoms with E-state index >= 15 is 0 Å². The maximum atomic E-state index is 11.2. The molecule has 0 amide bonds. The molecule has 19 heavy (non-hydrogen) atoms. The number of carboxylic acid groups (broad SMARTS) is 2. The van der Waals surface area contributed by atoms with Gasteiger partial charge in [-0.05, 0) is 32.3 Å². The van der Waals surface area contributed by atoms with E-state index in [0.29, 0.717) is 12.0 Å². The second-order valence-electron chi connectivity index (χ2n) is 4.79. The zero-order valence-electron chi connectivity index (χ0n) is 12.0. The maximum absolute atomic E-state index is 11.2. The molecule has 0 unspecified atom stereocenters. The van der Waals surface area contributed by atoms with Gasteiger partial charge in [0.15, 0.2) is 0 Å². The summed E-state index contributed by atoms with van der Waals surface area (Å²) in [5.41, 5.74) is 1.18. The van der Waals surface area contributed by atoms with Crippen molar-refractivity contribution in [3.05, 3.63) is 22.8 Å². The van der Waals surface area contributed by atoms with Crippen LogP contribution in [0.5, 0.6) is 0 Å². The van der Waals surface area contributed by atoms with Crippen molar-refractivity contribution in [1.82, 2.24) is 0 Å². The van der Waals surface area contributed by atoms with Crippen LogP contribution in [0.25, 0.3) is 0 Å². The molecule has 2 N–H and O–H groups in total. The van der Waals surface area contributed by atoms with Crippen LogP contribution in [0.1, 0.15) is 59.3 Å². The molecule has 0 radical (unpaired) electrons. The van der Waals surface area contributed by atoms with E-state index in [4.69, 9.17) is 5.11 Å². The van der Waals surface area contributed by atoms with Crippen LogP contribution in [0.15, 0.2) is 22.8 Å². The van der Waals surface area contributed by atoms with E-state index in [2.05, 4.69) is 6.92 Å². The third kappa shape index (κ3) is 7.44. The fourth-order valence-electron chi connectivity index (χ4n) is 2.06. The van der Waals surface area contributed by atoms with E-state index in [1.54, 1.807) is 6.92 Å². The molecule has 0 aliphatic rings. The number of allylic oxidation sites excluding steroid dienone is 1. The molecule has 0 aromatic rings. The third-order valence-electron chi connectivity index (χ3n) is 3.03. The van der Waals surface area contributed by atoms with E-state index in [0.717, 1.165) is 30.9 Å². The van der Waals surface area contributed by atoms with Crippen LogP contribution in [0, 0.1) is 0 Å². The Hall–Kier alpha value is -1.58. The topological polar surface area (TPSA) is 74.6 Å². The minimum absolute atomic E-state index is 0.137. The molecule has 0 aromatic heterocycles. The largest absolute Gasteiger partial charge is 0.478 e. The van der Waals surface area contributed by atoms with Crippen LogP contribution in [-0.4, -0.2) is 22.2 Å². The number of carboxylic acids is 2. The Balaban J connectivity index is 4.70. The first-order chi connectivity index (χ1) is 8.90. The summed E-state index contributed by atoms with van der Waals surface area (Å²) in [6.45, 7) is 5.44. The predicted octanol–water partition coefficient (Wildman–Crippen LogP) is 3.78. The Bertz CT molecular complexity index is 378. The van der Waals surface area contributed by atoms with Crippen molar-refractivity contribution in [1.29, 1.82) is 0 Å². The molecular weight excluding hydrogens is 244 g/mol. The zero-order chi connectivity index (χ0) is 14.8. The molecule has 0 saturated heterocycles. The molecule has 0 fully saturated rings. The van der Waals surface area contributed by atoms with Gasteiger partial charge < -0.3 is 10.2 Å². The van der Waals surface area contributed by atoms with E-state index in [9.17, 15) is 14.7 Å². The number of unbranched alkanes of at least 4 members (excludes halogenated alkanes) is 4. The SMILES string of the molecule is CCCCCCCC(C)=C(C(=O)O)C(C)=CC(=O)O. The van der Waals surface area contributed by atoms with Crippen LogP contribution in [0.4, 0.5) is 0 Å². The fourth-order valence-corrected chi connectivity index (χ4v) is 2.06. The monoisotopic (exact) mass is 268 g/mol. The highest BCUT2D eigenvalue weighted by atomic mass is 16.4. The van der Waals surface area contributed by atoms with Gasteiger partial charge >= 0.3 is 11.9 Å². The smallest absolute Gasteiger partial charge is 0.335 e. The van der Waals surface area contributed by atoms with E-state index < -0.39 is 11.9 Å². The van der Waals surface area contributed by atoms with Crippen molar-refractivity contribution < 1.29 is 19.8 Å². The lowest BCUT2D eigenvalue weighted by molar-refractivity contribution is -0.132. The number of aliphatic carboxylic acids is 2. The molecule has 0 aromatic carbocycles. The molecule has 0 saturated carbocycles. The van der Waals surface area contributed by atoms with Gasteiger partial charge in [0.1, 0.15) is 0 Å². The lowest BCUT2D eigenvalue weighted by atomic mass is 9.97. The normalized spacial score (nSPS) is 13.1. The molecule has 0 rings (SSSR count). The molecule has 0 aliphatic carbocycles. The quantitative estimate of drug-likeness (QED) is 0.379. The number of hydrogen-bond acceptors (Lipinski definition) is 2. The van der Waals surface area contributed by atoms with Gasteiger partial charge in [0, 0.05) is 6.08 Å². The number of hydrogen-bond donors (Lipinski definition) is 2. The van der Waals surface area contributed by atoms with Crippen LogP contribution in [0.3, 0.4) is 0 Å². The molecule has 0 atom stereocenters. The standard InChI is InChI=1S/C15H24O4/c1-4-5-6-7-8-9-11(2)14(15(18)19)12(3)10-13(16)17/h10H,4-9H2,1-3H3,(H,16,17)(H,18,19). The van der Waals surface area contributed by atoms with Gasteiger partial charge in [0.05, 0.1) is 5.57 Å². The Kier molecular flexibility index (Phi) is 8.58. The van der Waals surface area contributed by atoms with Gasteiger partial charge in [0.2, 0.25) is 0 Å². The van der Waals surface area contributed by atoms with Gasteiger partial charge in [-0.25, -0.2) is 9.59 Å². The van der Waals surface area contributed by atoms with E-state index in [1.807, 2.05) is 0 Å². The summed E-state index contributed by atoms with van der Waals surface area (Å²) in [7, 11) is 0. The second-order valence-corrected chi connectivity index (χ2v) is 4.79. The van der Waals surface area contributed by atoms with Crippen LogP contribution in [-0.2, 0) is 9.59 Å². The molecular formula is C15H24O4.